The molecule has 1 aliphatic carbocycles. The zero-order valence-corrected chi connectivity index (χ0v) is 15.2. The Morgan fingerprint density at radius 1 is 1.31 bits per heavy atom. The topological polar surface area (TPSA) is 114 Å². The molecule has 26 heavy (non-hydrogen) atoms. The molecule has 2 aromatic rings. The van der Waals surface area contributed by atoms with Gasteiger partial charge in [0.25, 0.3) is 0 Å². The van der Waals surface area contributed by atoms with E-state index in [-0.39, 0.29) is 18.2 Å². The van der Waals surface area contributed by atoms with Crippen LogP contribution in [0.5, 0.6) is 6.01 Å². The summed E-state index contributed by atoms with van der Waals surface area (Å²) in [6.45, 7) is 3.82. The van der Waals surface area contributed by atoms with Gasteiger partial charge in [-0.3, -0.25) is 5.10 Å². The number of alkyl carbamates (subject to hydrolysis) is 1. The monoisotopic (exact) mass is 360 g/mol. The van der Waals surface area contributed by atoms with Crippen molar-refractivity contribution in [1.29, 1.82) is 0 Å². The van der Waals surface area contributed by atoms with Crippen LogP contribution in [0.4, 0.5) is 16.3 Å². The Morgan fingerprint density at radius 2 is 2.08 bits per heavy atom. The smallest absolute Gasteiger partial charge is 0.407 e. The SMILES string of the molecule is COc1ncc(Nc2cc([C@H]3CC[C@@H](OC(=O)NC(C)C)C3)[nH]n2)cn1. The van der Waals surface area contributed by atoms with E-state index in [1.54, 1.807) is 12.4 Å². The molecule has 0 aliphatic heterocycles. The third kappa shape index (κ3) is 4.62. The van der Waals surface area contributed by atoms with Crippen LogP contribution in [0.1, 0.15) is 44.7 Å². The number of hydrogen-bond acceptors (Lipinski definition) is 7. The van der Waals surface area contributed by atoms with Gasteiger partial charge in [-0.25, -0.2) is 14.8 Å². The van der Waals surface area contributed by atoms with Crippen molar-refractivity contribution in [2.75, 3.05) is 12.4 Å². The second kappa shape index (κ2) is 8.03. The largest absolute Gasteiger partial charge is 0.467 e. The maximum absolute atomic E-state index is 11.7. The average molecular weight is 360 g/mol. The fraction of sp³-hybridized carbons (Fsp3) is 0.529. The third-order valence-corrected chi connectivity index (χ3v) is 4.19. The Bertz CT molecular complexity index is 730. The van der Waals surface area contributed by atoms with E-state index in [4.69, 9.17) is 9.47 Å². The standard InChI is InChI=1S/C17H24N6O3/c1-10(2)20-17(24)26-13-5-4-11(6-13)14-7-15(23-22-14)21-12-8-18-16(25-3)19-9-12/h7-11,13H,4-6H2,1-3H3,(H,20,24)(H2,21,22,23)/t11-,13+/m0/s1. The van der Waals surface area contributed by atoms with Crippen LogP contribution in [0.25, 0.3) is 0 Å². The van der Waals surface area contributed by atoms with Crippen LogP contribution < -0.4 is 15.4 Å². The predicted molar refractivity (Wildman–Crippen MR) is 95.6 cm³/mol. The molecule has 9 nitrogen and oxygen atoms in total. The van der Waals surface area contributed by atoms with Gasteiger partial charge < -0.3 is 20.1 Å². The number of amides is 1. The van der Waals surface area contributed by atoms with Crippen molar-refractivity contribution in [3.63, 3.8) is 0 Å². The molecule has 2 atom stereocenters. The first-order chi connectivity index (χ1) is 12.5. The molecule has 140 valence electrons. The molecule has 0 aromatic carbocycles. The van der Waals surface area contributed by atoms with Crippen LogP contribution in [0, 0.1) is 0 Å². The van der Waals surface area contributed by atoms with E-state index in [2.05, 4.69) is 30.8 Å². The van der Waals surface area contributed by atoms with Crippen LogP contribution >= 0.6 is 0 Å². The summed E-state index contributed by atoms with van der Waals surface area (Å²) >= 11 is 0. The molecule has 2 aromatic heterocycles. The fourth-order valence-electron chi connectivity index (χ4n) is 2.99. The molecule has 3 N–H and O–H groups in total. The van der Waals surface area contributed by atoms with Crippen molar-refractivity contribution < 1.29 is 14.3 Å². The molecule has 1 aliphatic rings. The van der Waals surface area contributed by atoms with Gasteiger partial charge in [0.05, 0.1) is 25.2 Å². The summed E-state index contributed by atoms with van der Waals surface area (Å²) in [6, 6.07) is 2.35. The van der Waals surface area contributed by atoms with Crippen molar-refractivity contribution >= 4 is 17.6 Å². The van der Waals surface area contributed by atoms with Gasteiger partial charge >= 0.3 is 12.1 Å². The van der Waals surface area contributed by atoms with Gasteiger partial charge in [-0.15, -0.1) is 0 Å². The van der Waals surface area contributed by atoms with Crippen LogP contribution in [0.3, 0.4) is 0 Å². The summed E-state index contributed by atoms with van der Waals surface area (Å²) in [5.41, 5.74) is 1.75. The summed E-state index contributed by atoms with van der Waals surface area (Å²) in [5.74, 6) is 0.984. The zero-order valence-electron chi connectivity index (χ0n) is 15.2. The lowest BCUT2D eigenvalue weighted by molar-refractivity contribution is 0.0981. The number of hydrogen-bond donors (Lipinski definition) is 3. The number of nitrogens with zero attached hydrogens (tertiary/aromatic N) is 3. The van der Waals surface area contributed by atoms with Crippen LogP contribution in [0.2, 0.25) is 0 Å². The van der Waals surface area contributed by atoms with Crippen molar-refractivity contribution in [3.8, 4) is 6.01 Å². The number of carbonyl (C=O) groups excluding carboxylic acids is 1. The number of carbonyl (C=O) groups is 1. The van der Waals surface area contributed by atoms with Crippen LogP contribution in [0.15, 0.2) is 18.5 Å². The first kappa shape index (κ1) is 18.0. The van der Waals surface area contributed by atoms with Gasteiger partial charge in [-0.1, -0.05) is 0 Å². The molecule has 0 spiro atoms. The molecule has 0 unspecified atom stereocenters. The van der Waals surface area contributed by atoms with E-state index in [1.165, 1.54) is 7.11 Å². The Morgan fingerprint density at radius 3 is 2.77 bits per heavy atom. The van der Waals surface area contributed by atoms with E-state index >= 15 is 0 Å². The van der Waals surface area contributed by atoms with Crippen molar-refractivity contribution in [3.05, 3.63) is 24.2 Å². The number of nitrogens with one attached hydrogen (secondary N) is 3. The number of ether oxygens (including phenoxy) is 2. The first-order valence-electron chi connectivity index (χ1n) is 8.69. The fourth-order valence-corrected chi connectivity index (χ4v) is 2.99. The molecular formula is C17H24N6O3. The number of aromatic nitrogens is 4. The Labute approximate surface area is 151 Å². The molecule has 2 heterocycles. The Kier molecular flexibility index (Phi) is 5.55. The Hall–Kier alpha value is -2.84. The van der Waals surface area contributed by atoms with E-state index < -0.39 is 0 Å². The molecule has 3 rings (SSSR count). The van der Waals surface area contributed by atoms with Gasteiger partial charge in [-0.05, 0) is 33.1 Å². The second-order valence-electron chi connectivity index (χ2n) is 6.63. The quantitative estimate of drug-likeness (QED) is 0.725. The van der Waals surface area contributed by atoms with Crippen molar-refractivity contribution in [2.45, 2.75) is 51.2 Å². The molecular weight excluding hydrogens is 336 g/mol. The summed E-state index contributed by atoms with van der Waals surface area (Å²) in [4.78, 5) is 19.8. The molecule has 0 saturated heterocycles. The highest BCUT2D eigenvalue weighted by Crippen LogP contribution is 2.36. The minimum atomic E-state index is -0.350. The summed E-state index contributed by atoms with van der Waals surface area (Å²) in [5, 5.41) is 13.2. The first-order valence-corrected chi connectivity index (χ1v) is 8.69. The maximum atomic E-state index is 11.7. The molecule has 0 bridgehead atoms. The highest BCUT2D eigenvalue weighted by molar-refractivity contribution is 5.67. The maximum Gasteiger partial charge on any atom is 0.407 e. The number of anilines is 2. The number of H-pyrrole nitrogens is 1. The molecule has 1 fully saturated rings. The average Bonchev–Trinajstić information content (AvgIpc) is 3.24. The highest BCUT2D eigenvalue weighted by atomic mass is 16.6. The Balaban J connectivity index is 1.54. The van der Waals surface area contributed by atoms with Gasteiger partial charge in [0.15, 0.2) is 5.82 Å². The van der Waals surface area contributed by atoms with Gasteiger partial charge in [0, 0.05) is 23.7 Å². The van der Waals surface area contributed by atoms with Gasteiger partial charge in [-0.2, -0.15) is 5.10 Å². The van der Waals surface area contributed by atoms with E-state index in [0.717, 1.165) is 30.6 Å². The predicted octanol–water partition coefficient (Wildman–Crippen LogP) is 2.72. The number of methoxy groups -OCH3 is 1. The number of rotatable bonds is 6. The van der Waals surface area contributed by atoms with Crippen LogP contribution in [-0.4, -0.2) is 45.5 Å². The summed E-state index contributed by atoms with van der Waals surface area (Å²) in [6.07, 6.45) is 5.45. The van der Waals surface area contributed by atoms with Gasteiger partial charge in [0.1, 0.15) is 6.10 Å². The summed E-state index contributed by atoms with van der Waals surface area (Å²) < 4.78 is 10.4. The minimum absolute atomic E-state index is 0.0616. The van der Waals surface area contributed by atoms with Crippen molar-refractivity contribution in [1.82, 2.24) is 25.5 Å². The molecule has 1 saturated carbocycles. The second-order valence-corrected chi connectivity index (χ2v) is 6.63. The van der Waals surface area contributed by atoms with Crippen molar-refractivity contribution in [2.24, 2.45) is 0 Å². The van der Waals surface area contributed by atoms with E-state index in [9.17, 15) is 4.79 Å². The lowest BCUT2D eigenvalue weighted by Gasteiger charge is -2.14. The molecule has 1 amide bonds. The lowest BCUT2D eigenvalue weighted by atomic mass is 10.0. The summed E-state index contributed by atoms with van der Waals surface area (Å²) in [7, 11) is 1.52. The normalized spacial score (nSPS) is 19.4. The molecule has 9 heteroatoms. The number of aromatic amines is 1. The van der Waals surface area contributed by atoms with E-state index in [0.29, 0.717) is 17.7 Å². The van der Waals surface area contributed by atoms with Gasteiger partial charge in [0.2, 0.25) is 0 Å². The van der Waals surface area contributed by atoms with Crippen LogP contribution in [-0.2, 0) is 4.74 Å². The van der Waals surface area contributed by atoms with E-state index in [1.807, 2.05) is 19.9 Å². The highest BCUT2D eigenvalue weighted by Gasteiger charge is 2.30. The zero-order chi connectivity index (χ0) is 18.5. The third-order valence-electron chi connectivity index (χ3n) is 4.19. The molecule has 0 radical (unpaired) electrons. The minimum Gasteiger partial charge on any atom is -0.467 e. The lowest BCUT2D eigenvalue weighted by Crippen LogP contribution is -2.33.